The number of rotatable bonds is 4. The van der Waals surface area contributed by atoms with Gasteiger partial charge in [-0.2, -0.15) is 0 Å². The Morgan fingerprint density at radius 2 is 2.44 bits per heavy atom. The van der Waals surface area contributed by atoms with Crippen molar-refractivity contribution in [2.24, 2.45) is 5.84 Å². The van der Waals surface area contributed by atoms with Gasteiger partial charge in [-0.1, -0.05) is 0 Å². The fourth-order valence-electron chi connectivity index (χ4n) is 2.41. The molecule has 2 atom stereocenters. The van der Waals surface area contributed by atoms with Crippen LogP contribution in [0.3, 0.4) is 0 Å². The van der Waals surface area contributed by atoms with E-state index in [-0.39, 0.29) is 11.9 Å². The molecule has 1 aliphatic rings. The molecule has 1 aromatic heterocycles. The Balaban J connectivity index is 2.05. The van der Waals surface area contributed by atoms with Crippen LogP contribution in [0, 0.1) is 0 Å². The SMILES string of the molecule is CC1OCCC1N(C)Cc1ccoc1C(=O)NN. The first kappa shape index (κ1) is 13.1. The van der Waals surface area contributed by atoms with Gasteiger partial charge in [-0.15, -0.1) is 0 Å². The van der Waals surface area contributed by atoms with Gasteiger partial charge in [-0.3, -0.25) is 15.1 Å². The molecule has 0 bridgehead atoms. The average molecular weight is 253 g/mol. The van der Waals surface area contributed by atoms with Crippen molar-refractivity contribution in [3.63, 3.8) is 0 Å². The highest BCUT2D eigenvalue weighted by molar-refractivity contribution is 5.92. The summed E-state index contributed by atoms with van der Waals surface area (Å²) in [6.07, 6.45) is 2.73. The molecule has 0 spiro atoms. The van der Waals surface area contributed by atoms with Gasteiger partial charge in [-0.25, -0.2) is 5.84 Å². The fourth-order valence-corrected chi connectivity index (χ4v) is 2.41. The molecule has 1 fully saturated rings. The van der Waals surface area contributed by atoms with E-state index in [0.717, 1.165) is 18.6 Å². The number of nitrogens with two attached hydrogens (primary N) is 1. The molecule has 2 heterocycles. The summed E-state index contributed by atoms with van der Waals surface area (Å²) in [6.45, 7) is 3.49. The second-order valence-corrected chi connectivity index (χ2v) is 4.60. The van der Waals surface area contributed by atoms with Crippen molar-refractivity contribution in [2.45, 2.75) is 32.0 Å². The quantitative estimate of drug-likeness (QED) is 0.464. The fraction of sp³-hybridized carbons (Fsp3) is 0.583. The third-order valence-electron chi connectivity index (χ3n) is 3.41. The molecule has 1 aromatic rings. The van der Waals surface area contributed by atoms with E-state index >= 15 is 0 Å². The maximum atomic E-state index is 11.5. The minimum atomic E-state index is -0.404. The number of nitrogens with zero attached hydrogens (tertiary/aromatic N) is 1. The summed E-state index contributed by atoms with van der Waals surface area (Å²) < 4.78 is 10.7. The third-order valence-corrected chi connectivity index (χ3v) is 3.41. The van der Waals surface area contributed by atoms with Crippen LogP contribution in [-0.4, -0.2) is 36.6 Å². The van der Waals surface area contributed by atoms with Crippen LogP contribution < -0.4 is 11.3 Å². The van der Waals surface area contributed by atoms with Crippen LogP contribution in [-0.2, 0) is 11.3 Å². The number of hydrazine groups is 1. The molecule has 1 amide bonds. The summed E-state index contributed by atoms with van der Waals surface area (Å²) in [5.41, 5.74) is 2.92. The Bertz CT molecular complexity index is 418. The second-order valence-electron chi connectivity index (χ2n) is 4.60. The van der Waals surface area contributed by atoms with Gasteiger partial charge in [0.25, 0.3) is 0 Å². The lowest BCUT2D eigenvalue weighted by atomic mass is 10.1. The van der Waals surface area contributed by atoms with Crippen LogP contribution in [0.1, 0.15) is 29.5 Å². The van der Waals surface area contributed by atoms with Crippen LogP contribution in [0.15, 0.2) is 16.7 Å². The number of carbonyl (C=O) groups is 1. The predicted molar refractivity (Wildman–Crippen MR) is 65.6 cm³/mol. The Labute approximate surface area is 106 Å². The molecule has 0 saturated carbocycles. The lowest BCUT2D eigenvalue weighted by Crippen LogP contribution is -2.37. The van der Waals surface area contributed by atoms with E-state index in [0.29, 0.717) is 12.6 Å². The van der Waals surface area contributed by atoms with Crippen molar-refractivity contribution < 1.29 is 13.9 Å². The molecule has 2 unspecified atom stereocenters. The molecule has 2 rings (SSSR count). The molecule has 3 N–H and O–H groups in total. The van der Waals surface area contributed by atoms with Crippen molar-refractivity contribution in [1.29, 1.82) is 0 Å². The van der Waals surface area contributed by atoms with Gasteiger partial charge in [0.05, 0.1) is 12.4 Å². The third kappa shape index (κ3) is 2.55. The van der Waals surface area contributed by atoms with Crippen molar-refractivity contribution in [1.82, 2.24) is 10.3 Å². The van der Waals surface area contributed by atoms with Crippen molar-refractivity contribution in [3.05, 3.63) is 23.7 Å². The largest absolute Gasteiger partial charge is 0.459 e. The number of likely N-dealkylation sites (N-methyl/N-ethyl adjacent to an activating group) is 1. The first-order valence-electron chi connectivity index (χ1n) is 6.02. The molecular formula is C12H19N3O3. The van der Waals surface area contributed by atoms with Crippen LogP contribution in [0.25, 0.3) is 0 Å². The van der Waals surface area contributed by atoms with E-state index in [1.54, 1.807) is 6.07 Å². The second kappa shape index (κ2) is 5.51. The summed E-state index contributed by atoms with van der Waals surface area (Å²) in [5, 5.41) is 0. The van der Waals surface area contributed by atoms with Crippen molar-refractivity contribution in [2.75, 3.05) is 13.7 Å². The monoisotopic (exact) mass is 253 g/mol. The average Bonchev–Trinajstić information content (AvgIpc) is 2.97. The summed E-state index contributed by atoms with van der Waals surface area (Å²) >= 11 is 0. The molecule has 0 aliphatic carbocycles. The van der Waals surface area contributed by atoms with Gasteiger partial charge < -0.3 is 9.15 Å². The Morgan fingerprint density at radius 1 is 1.67 bits per heavy atom. The van der Waals surface area contributed by atoms with E-state index in [1.807, 2.05) is 7.05 Å². The topological polar surface area (TPSA) is 80.7 Å². The van der Waals surface area contributed by atoms with Crippen molar-refractivity contribution >= 4 is 5.91 Å². The zero-order valence-electron chi connectivity index (χ0n) is 10.7. The Hall–Kier alpha value is -1.37. The molecule has 6 heteroatoms. The molecule has 100 valence electrons. The van der Waals surface area contributed by atoms with Gasteiger partial charge in [0.2, 0.25) is 0 Å². The highest BCUT2D eigenvalue weighted by Crippen LogP contribution is 2.21. The number of hydrogen-bond acceptors (Lipinski definition) is 5. The lowest BCUT2D eigenvalue weighted by Gasteiger charge is -2.26. The predicted octanol–water partition coefficient (Wildman–Crippen LogP) is 0.492. The van der Waals surface area contributed by atoms with Gasteiger partial charge in [0, 0.05) is 24.8 Å². The Morgan fingerprint density at radius 3 is 3.06 bits per heavy atom. The smallest absolute Gasteiger partial charge is 0.301 e. The number of amides is 1. The number of carbonyl (C=O) groups excluding carboxylic acids is 1. The van der Waals surface area contributed by atoms with E-state index in [2.05, 4.69) is 17.2 Å². The number of nitrogen functional groups attached to an aromatic ring is 1. The number of ether oxygens (including phenoxy) is 1. The first-order valence-corrected chi connectivity index (χ1v) is 6.02. The molecule has 0 aromatic carbocycles. The zero-order chi connectivity index (χ0) is 13.1. The van der Waals surface area contributed by atoms with Gasteiger partial charge in [0.1, 0.15) is 0 Å². The zero-order valence-corrected chi connectivity index (χ0v) is 10.7. The van der Waals surface area contributed by atoms with Gasteiger partial charge in [0.15, 0.2) is 5.76 Å². The molecule has 6 nitrogen and oxygen atoms in total. The molecule has 0 radical (unpaired) electrons. The summed E-state index contributed by atoms with van der Waals surface area (Å²) in [6, 6.07) is 2.16. The van der Waals surface area contributed by atoms with E-state index < -0.39 is 5.91 Å². The summed E-state index contributed by atoms with van der Waals surface area (Å²) in [7, 11) is 2.02. The van der Waals surface area contributed by atoms with Crippen LogP contribution >= 0.6 is 0 Å². The molecule has 1 aliphatic heterocycles. The minimum absolute atomic E-state index is 0.216. The number of nitrogens with one attached hydrogen (secondary N) is 1. The van der Waals surface area contributed by atoms with E-state index in [1.165, 1.54) is 6.26 Å². The van der Waals surface area contributed by atoms with E-state index in [4.69, 9.17) is 15.0 Å². The maximum Gasteiger partial charge on any atom is 0.301 e. The number of hydrogen-bond donors (Lipinski definition) is 2. The molecular weight excluding hydrogens is 234 g/mol. The Kier molecular flexibility index (Phi) is 4.00. The van der Waals surface area contributed by atoms with E-state index in [9.17, 15) is 4.79 Å². The molecule has 1 saturated heterocycles. The highest BCUT2D eigenvalue weighted by atomic mass is 16.5. The normalized spacial score (nSPS) is 23.6. The standard InChI is InChI=1S/C12H19N3O3/c1-8-10(4-6-17-8)15(2)7-9-3-5-18-11(9)12(16)14-13/h3,5,8,10H,4,6-7,13H2,1-2H3,(H,14,16). The lowest BCUT2D eigenvalue weighted by molar-refractivity contribution is 0.0808. The minimum Gasteiger partial charge on any atom is -0.459 e. The van der Waals surface area contributed by atoms with Crippen LogP contribution in [0.5, 0.6) is 0 Å². The van der Waals surface area contributed by atoms with Gasteiger partial charge in [-0.05, 0) is 26.5 Å². The number of furan rings is 1. The highest BCUT2D eigenvalue weighted by Gasteiger charge is 2.28. The summed E-state index contributed by atoms with van der Waals surface area (Å²) in [5.74, 6) is 4.98. The van der Waals surface area contributed by atoms with Crippen LogP contribution in [0.2, 0.25) is 0 Å². The van der Waals surface area contributed by atoms with Gasteiger partial charge >= 0.3 is 5.91 Å². The summed E-state index contributed by atoms with van der Waals surface area (Å²) in [4.78, 5) is 13.7. The first-order chi connectivity index (χ1) is 8.63. The van der Waals surface area contributed by atoms with Crippen LogP contribution in [0.4, 0.5) is 0 Å². The molecule has 18 heavy (non-hydrogen) atoms. The maximum absolute atomic E-state index is 11.5. The van der Waals surface area contributed by atoms with Crippen molar-refractivity contribution in [3.8, 4) is 0 Å².